The highest BCUT2D eigenvalue weighted by Gasteiger charge is 2.42. The molecule has 2 N–H and O–H groups in total. The van der Waals surface area contributed by atoms with Crippen LogP contribution >= 0.6 is 0 Å². The number of anilines is 5. The Balaban J connectivity index is 1.11. The molecule has 3 aromatic rings. The first-order valence-electron chi connectivity index (χ1n) is 15.5. The maximum atomic E-state index is 13.5. The van der Waals surface area contributed by atoms with Crippen LogP contribution < -0.4 is 25.3 Å². The third kappa shape index (κ3) is 6.05. The summed E-state index contributed by atoms with van der Waals surface area (Å²) in [6.45, 7) is 7.77. The van der Waals surface area contributed by atoms with Crippen LogP contribution in [0.2, 0.25) is 0 Å². The zero-order valence-electron chi connectivity index (χ0n) is 25.3. The van der Waals surface area contributed by atoms with Gasteiger partial charge in [0.25, 0.3) is 0 Å². The number of nitrogens with zero attached hydrogens (tertiary/aromatic N) is 5. The molecule has 11 nitrogen and oxygen atoms in total. The van der Waals surface area contributed by atoms with Gasteiger partial charge in [-0.2, -0.15) is 0 Å². The lowest BCUT2D eigenvalue weighted by atomic mass is 10.0. The van der Waals surface area contributed by atoms with Crippen molar-refractivity contribution in [3.8, 4) is 5.75 Å². The molecule has 4 saturated heterocycles. The fourth-order valence-corrected chi connectivity index (χ4v) is 7.05. The molecule has 0 aliphatic carbocycles. The SMILES string of the molecule is C=CC(=O)Nc1cc(Nc2cc(N3OCC[C@@H]3c3ccc(F)cc3)ncn2)c(OC)cc1N1CCC(N2C[C@H]3C[C@@H]2CO3)CC1. The van der Waals surface area contributed by atoms with Crippen molar-refractivity contribution in [3.05, 3.63) is 72.8 Å². The normalized spacial score (nSPS) is 23.4. The molecule has 4 aliphatic rings. The summed E-state index contributed by atoms with van der Waals surface area (Å²) in [7, 11) is 1.62. The standard InChI is InChI=1S/C33H38FN7O4/c1-3-33(42)38-26-15-27(30(43-2)16-29(26)39-11-8-23(9-12-39)40-18-25-14-24(40)19-44-25)37-31-17-32(36-20-35-31)41-28(10-13-45-41)21-4-6-22(34)7-5-21/h3-7,15-17,20,23-25,28H,1,8-14,18-19H2,2H3,(H,38,42)(H,35,36,37)/t24-,25-,28-/m1/s1. The third-order valence-electron chi connectivity index (χ3n) is 9.28. The maximum absolute atomic E-state index is 13.5. The Morgan fingerprint density at radius 3 is 2.62 bits per heavy atom. The highest BCUT2D eigenvalue weighted by atomic mass is 19.1. The van der Waals surface area contributed by atoms with E-state index in [1.165, 1.54) is 24.5 Å². The first-order valence-corrected chi connectivity index (χ1v) is 15.5. The Labute approximate surface area is 261 Å². The molecular weight excluding hydrogens is 577 g/mol. The summed E-state index contributed by atoms with van der Waals surface area (Å²) in [5, 5.41) is 8.08. The summed E-state index contributed by atoms with van der Waals surface area (Å²) in [4.78, 5) is 32.3. The number of amides is 1. The number of morpholine rings is 1. The minimum atomic E-state index is -0.294. The Bertz CT molecular complexity index is 1550. The third-order valence-corrected chi connectivity index (χ3v) is 9.28. The van der Waals surface area contributed by atoms with Gasteiger partial charge in [-0.3, -0.25) is 14.5 Å². The molecule has 3 atom stereocenters. The lowest BCUT2D eigenvalue weighted by Crippen LogP contribution is -2.49. The Hall–Kier alpha value is -4.26. The summed E-state index contributed by atoms with van der Waals surface area (Å²) in [5.74, 6) is 1.12. The van der Waals surface area contributed by atoms with Crippen LogP contribution in [0.4, 0.5) is 33.1 Å². The van der Waals surface area contributed by atoms with E-state index in [2.05, 4.69) is 37.0 Å². The molecule has 1 amide bonds. The van der Waals surface area contributed by atoms with Crippen LogP contribution in [0.5, 0.6) is 5.75 Å². The lowest BCUT2D eigenvalue weighted by molar-refractivity contribution is -0.111. The molecule has 7 rings (SSSR count). The molecule has 5 heterocycles. The van der Waals surface area contributed by atoms with Gasteiger partial charge in [-0.05, 0) is 49.1 Å². The van der Waals surface area contributed by atoms with Gasteiger partial charge < -0.3 is 25.0 Å². The summed E-state index contributed by atoms with van der Waals surface area (Å²) in [6, 6.07) is 13.0. The molecule has 45 heavy (non-hydrogen) atoms. The molecule has 0 radical (unpaired) electrons. The van der Waals surface area contributed by atoms with Gasteiger partial charge in [-0.25, -0.2) is 19.4 Å². The molecule has 0 unspecified atom stereocenters. The number of halogens is 1. The van der Waals surface area contributed by atoms with Gasteiger partial charge in [-0.15, -0.1) is 0 Å². The molecule has 4 fully saturated rings. The quantitative estimate of drug-likeness (QED) is 0.326. The number of hydroxylamine groups is 1. The number of methoxy groups -OCH3 is 1. The van der Waals surface area contributed by atoms with Gasteiger partial charge in [0.2, 0.25) is 5.91 Å². The van der Waals surface area contributed by atoms with E-state index in [1.807, 2.05) is 12.1 Å². The fraction of sp³-hybridized carbons (Fsp3) is 0.424. The fourth-order valence-electron chi connectivity index (χ4n) is 7.05. The second-order valence-electron chi connectivity index (χ2n) is 11.9. The Morgan fingerprint density at radius 1 is 1.09 bits per heavy atom. The van der Waals surface area contributed by atoms with E-state index in [0.717, 1.165) is 63.2 Å². The number of nitrogens with one attached hydrogen (secondary N) is 2. The summed E-state index contributed by atoms with van der Waals surface area (Å²) < 4.78 is 25.2. The molecule has 236 valence electrons. The number of rotatable bonds is 9. The highest BCUT2D eigenvalue weighted by molar-refractivity contribution is 6.02. The molecule has 2 bridgehead atoms. The van der Waals surface area contributed by atoms with E-state index in [0.29, 0.717) is 53.6 Å². The maximum Gasteiger partial charge on any atom is 0.247 e. The molecule has 0 saturated carbocycles. The van der Waals surface area contributed by atoms with Gasteiger partial charge >= 0.3 is 0 Å². The van der Waals surface area contributed by atoms with Crippen molar-refractivity contribution in [2.45, 2.75) is 49.9 Å². The number of carbonyl (C=O) groups excluding carboxylic acids is 1. The summed E-state index contributed by atoms with van der Waals surface area (Å²) >= 11 is 0. The smallest absolute Gasteiger partial charge is 0.247 e. The predicted molar refractivity (Wildman–Crippen MR) is 169 cm³/mol. The van der Waals surface area contributed by atoms with Crippen molar-refractivity contribution in [2.24, 2.45) is 0 Å². The average molecular weight is 616 g/mol. The molecule has 1 aromatic heterocycles. The van der Waals surface area contributed by atoms with E-state index in [9.17, 15) is 9.18 Å². The molecular formula is C33H38FN7O4. The zero-order chi connectivity index (χ0) is 30.9. The van der Waals surface area contributed by atoms with Gasteiger partial charge in [0, 0.05) is 50.3 Å². The number of carbonyl (C=O) groups is 1. The number of ether oxygens (including phenoxy) is 2. The van der Waals surface area contributed by atoms with E-state index in [4.69, 9.17) is 14.3 Å². The van der Waals surface area contributed by atoms with Gasteiger partial charge in [0.15, 0.2) is 5.82 Å². The van der Waals surface area contributed by atoms with Crippen LogP contribution in [0, 0.1) is 5.82 Å². The first kappa shape index (κ1) is 29.5. The van der Waals surface area contributed by atoms with Gasteiger partial charge in [0.1, 0.15) is 23.7 Å². The second-order valence-corrected chi connectivity index (χ2v) is 11.9. The first-order chi connectivity index (χ1) is 22.0. The number of fused-ring (bicyclic) bond motifs is 2. The minimum absolute atomic E-state index is 0.110. The summed E-state index contributed by atoms with van der Waals surface area (Å²) in [5.41, 5.74) is 3.12. The molecule has 4 aliphatic heterocycles. The summed E-state index contributed by atoms with van der Waals surface area (Å²) in [6.07, 6.45) is 7.10. The van der Waals surface area contributed by atoms with Crippen molar-refractivity contribution in [1.29, 1.82) is 0 Å². The lowest BCUT2D eigenvalue weighted by Gasteiger charge is -2.41. The predicted octanol–water partition coefficient (Wildman–Crippen LogP) is 4.82. The Kier molecular flexibility index (Phi) is 8.26. The van der Waals surface area contributed by atoms with Crippen molar-refractivity contribution < 1.29 is 23.5 Å². The van der Waals surface area contributed by atoms with Crippen LogP contribution in [0.1, 0.15) is 37.3 Å². The van der Waals surface area contributed by atoms with Crippen LogP contribution in [0.15, 0.2) is 61.4 Å². The van der Waals surface area contributed by atoms with Crippen molar-refractivity contribution >= 4 is 34.6 Å². The minimum Gasteiger partial charge on any atom is -0.494 e. The van der Waals surface area contributed by atoms with Gasteiger partial charge in [0.05, 0.1) is 49.5 Å². The monoisotopic (exact) mass is 615 g/mol. The number of aromatic nitrogens is 2. The topological polar surface area (TPSA) is 104 Å². The van der Waals surface area contributed by atoms with Crippen molar-refractivity contribution in [1.82, 2.24) is 14.9 Å². The molecule has 0 spiro atoms. The molecule has 2 aromatic carbocycles. The van der Waals surface area contributed by atoms with E-state index < -0.39 is 0 Å². The van der Waals surface area contributed by atoms with Crippen LogP contribution in [0.3, 0.4) is 0 Å². The van der Waals surface area contributed by atoms with E-state index >= 15 is 0 Å². The average Bonchev–Trinajstić information content (AvgIpc) is 3.84. The van der Waals surface area contributed by atoms with E-state index in [-0.39, 0.29) is 17.8 Å². The van der Waals surface area contributed by atoms with Crippen LogP contribution in [0.25, 0.3) is 0 Å². The van der Waals surface area contributed by atoms with Crippen molar-refractivity contribution in [2.75, 3.05) is 60.6 Å². The highest BCUT2D eigenvalue weighted by Crippen LogP contribution is 2.41. The number of piperidine rings is 1. The number of hydrogen-bond donors (Lipinski definition) is 2. The largest absolute Gasteiger partial charge is 0.494 e. The van der Waals surface area contributed by atoms with Crippen LogP contribution in [-0.2, 0) is 14.4 Å². The van der Waals surface area contributed by atoms with Gasteiger partial charge in [-0.1, -0.05) is 18.7 Å². The van der Waals surface area contributed by atoms with Crippen molar-refractivity contribution in [3.63, 3.8) is 0 Å². The van der Waals surface area contributed by atoms with Crippen LogP contribution in [-0.4, -0.2) is 78.9 Å². The number of benzene rings is 2. The number of likely N-dealkylation sites (tertiary alicyclic amines) is 1. The second kappa shape index (κ2) is 12.6. The molecule has 12 heteroatoms. The zero-order valence-corrected chi connectivity index (χ0v) is 25.3. The Morgan fingerprint density at radius 2 is 1.91 bits per heavy atom. The van der Waals surface area contributed by atoms with E-state index in [1.54, 1.807) is 30.4 Å². The number of hydrogen-bond acceptors (Lipinski definition) is 10.